The summed E-state index contributed by atoms with van der Waals surface area (Å²) in [6, 6.07) is 12.2. The number of methoxy groups -OCH3 is 1. The van der Waals surface area contributed by atoms with E-state index in [0.717, 1.165) is 4.47 Å². The number of anilines is 1. The summed E-state index contributed by atoms with van der Waals surface area (Å²) >= 11 is 3.34. The summed E-state index contributed by atoms with van der Waals surface area (Å²) in [5.74, 6) is -3.24. The second-order valence-electron chi connectivity index (χ2n) is 6.24. The average molecular weight is 462 g/mol. The van der Waals surface area contributed by atoms with E-state index in [9.17, 15) is 14.7 Å². The van der Waals surface area contributed by atoms with Gasteiger partial charge in [-0.15, -0.1) is 0 Å². The van der Waals surface area contributed by atoms with E-state index in [0.29, 0.717) is 17.0 Å². The van der Waals surface area contributed by atoms with Crippen molar-refractivity contribution < 1.29 is 28.9 Å². The minimum Gasteiger partial charge on any atom is -0.497 e. The molecule has 2 atom stereocenters. The number of carbonyl (C=O) groups excluding carboxylic acids is 2. The third-order valence-electron chi connectivity index (χ3n) is 4.32. The standard InChI is InChI=1S/C21H20BrNO6/c1-3-28-20(25)19(23-15-8-10-16(27-2)11-9-15)21(26)18(24)12-17(29-21)13-4-6-14(22)7-5-13/h4-12,19,23,26H,3H2,1-2H3. The van der Waals surface area contributed by atoms with Crippen LogP contribution in [0.25, 0.3) is 5.76 Å². The third kappa shape index (κ3) is 4.44. The normalized spacial score (nSPS) is 19.2. The van der Waals surface area contributed by atoms with Gasteiger partial charge in [0.2, 0.25) is 5.78 Å². The lowest BCUT2D eigenvalue weighted by Crippen LogP contribution is -2.56. The first-order chi connectivity index (χ1) is 13.9. The zero-order valence-corrected chi connectivity index (χ0v) is 17.4. The molecule has 1 heterocycles. The summed E-state index contributed by atoms with van der Waals surface area (Å²) in [5.41, 5.74) is 1.07. The van der Waals surface area contributed by atoms with E-state index in [-0.39, 0.29) is 12.4 Å². The van der Waals surface area contributed by atoms with Crippen LogP contribution in [-0.2, 0) is 19.1 Å². The Kier molecular flexibility index (Phi) is 6.24. The van der Waals surface area contributed by atoms with Crippen LogP contribution in [-0.4, -0.2) is 42.4 Å². The SMILES string of the molecule is CCOC(=O)C(Nc1ccc(OC)cc1)C1(O)OC(c2ccc(Br)cc2)=CC1=O. The van der Waals surface area contributed by atoms with Crippen LogP contribution in [0.15, 0.2) is 59.1 Å². The molecule has 0 bridgehead atoms. The molecule has 0 aromatic heterocycles. The number of halogens is 1. The summed E-state index contributed by atoms with van der Waals surface area (Å²) in [7, 11) is 1.53. The molecule has 0 fully saturated rings. The van der Waals surface area contributed by atoms with Crippen LogP contribution in [0.1, 0.15) is 12.5 Å². The van der Waals surface area contributed by atoms with E-state index in [2.05, 4.69) is 21.2 Å². The summed E-state index contributed by atoms with van der Waals surface area (Å²) in [5, 5.41) is 13.9. The highest BCUT2D eigenvalue weighted by molar-refractivity contribution is 9.10. The molecule has 2 aromatic carbocycles. The Balaban J connectivity index is 1.88. The number of carbonyl (C=O) groups is 2. The molecule has 7 nitrogen and oxygen atoms in total. The predicted octanol–water partition coefficient (Wildman–Crippen LogP) is 3.13. The topological polar surface area (TPSA) is 94.1 Å². The molecule has 0 saturated heterocycles. The fraction of sp³-hybridized carbons (Fsp3) is 0.238. The number of aliphatic hydroxyl groups is 1. The zero-order chi connectivity index (χ0) is 21.0. The van der Waals surface area contributed by atoms with Crippen molar-refractivity contribution in [3.63, 3.8) is 0 Å². The van der Waals surface area contributed by atoms with E-state index >= 15 is 0 Å². The van der Waals surface area contributed by atoms with E-state index < -0.39 is 23.6 Å². The van der Waals surface area contributed by atoms with Crippen LogP contribution < -0.4 is 10.1 Å². The Morgan fingerprint density at radius 2 is 1.86 bits per heavy atom. The summed E-state index contributed by atoms with van der Waals surface area (Å²) in [4.78, 5) is 25.2. The quantitative estimate of drug-likeness (QED) is 0.611. The van der Waals surface area contributed by atoms with Crippen LogP contribution in [0.3, 0.4) is 0 Å². The van der Waals surface area contributed by atoms with Gasteiger partial charge in [0.25, 0.3) is 0 Å². The Bertz CT molecular complexity index is 925. The molecular formula is C21H20BrNO6. The van der Waals surface area contributed by atoms with Crippen molar-refractivity contribution in [2.24, 2.45) is 0 Å². The van der Waals surface area contributed by atoms with Crippen molar-refractivity contribution in [3.05, 3.63) is 64.6 Å². The third-order valence-corrected chi connectivity index (χ3v) is 4.85. The summed E-state index contributed by atoms with van der Waals surface area (Å²) in [6.07, 6.45) is 1.17. The number of ketones is 1. The lowest BCUT2D eigenvalue weighted by molar-refractivity contribution is -0.186. The molecule has 0 radical (unpaired) electrons. The van der Waals surface area contributed by atoms with Crippen molar-refractivity contribution in [3.8, 4) is 5.75 Å². The number of ether oxygens (including phenoxy) is 3. The van der Waals surface area contributed by atoms with Gasteiger partial charge < -0.3 is 24.6 Å². The molecule has 8 heteroatoms. The number of benzene rings is 2. The minimum absolute atomic E-state index is 0.0803. The second kappa shape index (κ2) is 8.67. The van der Waals surface area contributed by atoms with Crippen LogP contribution in [0.5, 0.6) is 5.75 Å². The predicted molar refractivity (Wildman–Crippen MR) is 110 cm³/mol. The molecule has 0 spiro atoms. The van der Waals surface area contributed by atoms with Gasteiger partial charge in [0.1, 0.15) is 11.5 Å². The monoisotopic (exact) mass is 461 g/mol. The highest BCUT2D eigenvalue weighted by Gasteiger charge is 2.54. The van der Waals surface area contributed by atoms with Crippen LogP contribution in [0, 0.1) is 0 Å². The van der Waals surface area contributed by atoms with Crippen molar-refractivity contribution in [2.75, 3.05) is 19.0 Å². The molecule has 2 N–H and O–H groups in total. The van der Waals surface area contributed by atoms with Gasteiger partial charge in [-0.05, 0) is 43.3 Å². The molecule has 0 aliphatic carbocycles. The molecule has 0 amide bonds. The second-order valence-corrected chi connectivity index (χ2v) is 7.15. The van der Waals surface area contributed by atoms with Crippen molar-refractivity contribution in [1.82, 2.24) is 0 Å². The van der Waals surface area contributed by atoms with Gasteiger partial charge in [-0.3, -0.25) is 4.79 Å². The zero-order valence-electron chi connectivity index (χ0n) is 15.8. The van der Waals surface area contributed by atoms with Crippen LogP contribution in [0.2, 0.25) is 0 Å². The lowest BCUT2D eigenvalue weighted by atomic mass is 10.0. The molecule has 152 valence electrons. The Morgan fingerprint density at radius 3 is 2.45 bits per heavy atom. The first kappa shape index (κ1) is 20.9. The molecule has 0 saturated carbocycles. The summed E-state index contributed by atoms with van der Waals surface area (Å²) < 4.78 is 16.6. The van der Waals surface area contributed by atoms with E-state index in [1.54, 1.807) is 55.5 Å². The van der Waals surface area contributed by atoms with Gasteiger partial charge in [-0.25, -0.2) is 4.79 Å². The lowest BCUT2D eigenvalue weighted by Gasteiger charge is -2.30. The van der Waals surface area contributed by atoms with Crippen LogP contribution in [0.4, 0.5) is 5.69 Å². The van der Waals surface area contributed by atoms with Gasteiger partial charge in [0, 0.05) is 21.8 Å². The molecule has 2 unspecified atom stereocenters. The average Bonchev–Trinajstić information content (AvgIpc) is 3.02. The first-order valence-electron chi connectivity index (χ1n) is 8.88. The minimum atomic E-state index is -2.45. The number of rotatable bonds is 7. The molecule has 1 aliphatic heterocycles. The van der Waals surface area contributed by atoms with Gasteiger partial charge in [-0.2, -0.15) is 0 Å². The van der Waals surface area contributed by atoms with E-state index in [1.807, 2.05) is 0 Å². The van der Waals surface area contributed by atoms with Gasteiger partial charge >= 0.3 is 11.8 Å². The van der Waals surface area contributed by atoms with Gasteiger partial charge in [-0.1, -0.05) is 28.1 Å². The fourth-order valence-electron chi connectivity index (χ4n) is 2.82. The number of nitrogens with one attached hydrogen (secondary N) is 1. The van der Waals surface area contributed by atoms with E-state index in [4.69, 9.17) is 14.2 Å². The summed E-state index contributed by atoms with van der Waals surface area (Å²) in [6.45, 7) is 1.71. The number of hydrogen-bond acceptors (Lipinski definition) is 7. The Labute approximate surface area is 176 Å². The van der Waals surface area contributed by atoms with Crippen molar-refractivity contribution in [2.45, 2.75) is 18.8 Å². The number of esters is 1. The Morgan fingerprint density at radius 1 is 1.21 bits per heavy atom. The highest BCUT2D eigenvalue weighted by atomic mass is 79.9. The maximum atomic E-state index is 12.7. The molecule has 2 aromatic rings. The molecule has 3 rings (SSSR count). The molecular weight excluding hydrogens is 442 g/mol. The Hall–Kier alpha value is -2.84. The van der Waals surface area contributed by atoms with Crippen molar-refractivity contribution >= 4 is 39.1 Å². The number of hydrogen-bond donors (Lipinski definition) is 2. The molecule has 1 aliphatic rings. The van der Waals surface area contributed by atoms with Crippen LogP contribution >= 0.6 is 15.9 Å². The van der Waals surface area contributed by atoms with Gasteiger partial charge in [0.05, 0.1) is 13.7 Å². The fourth-order valence-corrected chi connectivity index (χ4v) is 3.09. The van der Waals surface area contributed by atoms with Gasteiger partial charge in [0.15, 0.2) is 6.04 Å². The maximum absolute atomic E-state index is 12.7. The van der Waals surface area contributed by atoms with E-state index in [1.165, 1.54) is 13.2 Å². The molecule has 29 heavy (non-hydrogen) atoms. The first-order valence-corrected chi connectivity index (χ1v) is 9.67. The smallest absolute Gasteiger partial charge is 0.336 e. The van der Waals surface area contributed by atoms with Crippen molar-refractivity contribution in [1.29, 1.82) is 0 Å². The highest BCUT2D eigenvalue weighted by Crippen LogP contribution is 2.34. The largest absolute Gasteiger partial charge is 0.497 e. The maximum Gasteiger partial charge on any atom is 0.336 e.